The van der Waals surface area contributed by atoms with E-state index in [1.54, 1.807) is 0 Å². The lowest BCUT2D eigenvalue weighted by molar-refractivity contribution is 0.558. The van der Waals surface area contributed by atoms with Crippen LogP contribution in [0, 0.1) is 6.07 Å². The SMILES string of the molecule is CC(C)(C)c1c[c]c(Br)c(C(C)(C)C)c1CBr. The van der Waals surface area contributed by atoms with E-state index in [2.05, 4.69) is 85.5 Å². The molecule has 0 aliphatic carbocycles. The van der Waals surface area contributed by atoms with Crippen LogP contribution in [0.15, 0.2) is 10.5 Å². The van der Waals surface area contributed by atoms with Gasteiger partial charge in [0.25, 0.3) is 0 Å². The van der Waals surface area contributed by atoms with Crippen LogP contribution in [-0.4, -0.2) is 0 Å². The minimum absolute atomic E-state index is 0.125. The molecule has 0 saturated heterocycles. The minimum Gasteiger partial charge on any atom is -0.0876 e. The summed E-state index contributed by atoms with van der Waals surface area (Å²) < 4.78 is 1.09. The van der Waals surface area contributed by atoms with E-state index in [0.29, 0.717) is 0 Å². The van der Waals surface area contributed by atoms with Crippen LogP contribution >= 0.6 is 31.9 Å². The lowest BCUT2D eigenvalue weighted by Crippen LogP contribution is -2.21. The van der Waals surface area contributed by atoms with Crippen LogP contribution in [0.2, 0.25) is 0 Å². The Morgan fingerprint density at radius 2 is 1.59 bits per heavy atom. The molecule has 1 aromatic rings. The Hall–Kier alpha value is 0.180. The van der Waals surface area contributed by atoms with Gasteiger partial charge in [0, 0.05) is 9.80 Å². The number of halogens is 2. The summed E-state index contributed by atoms with van der Waals surface area (Å²) in [5.41, 5.74) is 4.42. The average molecular weight is 361 g/mol. The monoisotopic (exact) mass is 359 g/mol. The van der Waals surface area contributed by atoms with Gasteiger partial charge < -0.3 is 0 Å². The maximum Gasteiger partial charge on any atom is 0.0294 e. The van der Waals surface area contributed by atoms with E-state index in [1.807, 2.05) is 0 Å². The first-order valence-electron chi connectivity index (χ1n) is 5.89. The topological polar surface area (TPSA) is 0 Å². The second-order valence-electron chi connectivity index (χ2n) is 6.50. The Labute approximate surface area is 122 Å². The van der Waals surface area contributed by atoms with Crippen LogP contribution in [0.4, 0.5) is 0 Å². The van der Waals surface area contributed by atoms with Gasteiger partial charge in [0.05, 0.1) is 0 Å². The Balaban J connectivity index is 3.60. The van der Waals surface area contributed by atoms with Gasteiger partial charge in [-0.05, 0) is 55.6 Å². The molecule has 0 heterocycles. The van der Waals surface area contributed by atoms with Gasteiger partial charge in [0.2, 0.25) is 0 Å². The van der Waals surface area contributed by atoms with Crippen LogP contribution in [0.25, 0.3) is 0 Å². The fraction of sp³-hybridized carbons (Fsp3) is 0.600. The van der Waals surface area contributed by atoms with Crippen LogP contribution in [0.3, 0.4) is 0 Å². The molecule has 1 aromatic carbocycles. The third kappa shape index (κ3) is 3.35. The highest BCUT2D eigenvalue weighted by molar-refractivity contribution is 9.10. The van der Waals surface area contributed by atoms with Crippen LogP contribution in [-0.2, 0) is 16.2 Å². The van der Waals surface area contributed by atoms with Crippen molar-refractivity contribution in [2.45, 2.75) is 57.7 Å². The van der Waals surface area contributed by atoms with E-state index in [-0.39, 0.29) is 10.8 Å². The van der Waals surface area contributed by atoms with Crippen molar-refractivity contribution in [3.8, 4) is 0 Å². The third-order valence-electron chi connectivity index (χ3n) is 2.88. The van der Waals surface area contributed by atoms with Gasteiger partial charge in [-0.3, -0.25) is 0 Å². The molecule has 0 fully saturated rings. The van der Waals surface area contributed by atoms with Crippen molar-refractivity contribution < 1.29 is 0 Å². The summed E-state index contributed by atoms with van der Waals surface area (Å²) >= 11 is 7.29. The molecule has 0 aliphatic rings. The second kappa shape index (κ2) is 5.05. The van der Waals surface area contributed by atoms with E-state index in [4.69, 9.17) is 0 Å². The maximum absolute atomic E-state index is 3.65. The van der Waals surface area contributed by atoms with Gasteiger partial charge in [0.1, 0.15) is 0 Å². The van der Waals surface area contributed by atoms with Gasteiger partial charge in [-0.2, -0.15) is 0 Å². The summed E-state index contributed by atoms with van der Waals surface area (Å²) in [6.07, 6.45) is 0. The van der Waals surface area contributed by atoms with Crippen molar-refractivity contribution in [3.05, 3.63) is 33.3 Å². The summed E-state index contributed by atoms with van der Waals surface area (Å²) in [5.74, 6) is 0. The van der Waals surface area contributed by atoms with Crippen LogP contribution in [0.5, 0.6) is 0 Å². The molecule has 1 rings (SSSR count). The second-order valence-corrected chi connectivity index (χ2v) is 7.86. The molecular weight excluding hydrogens is 340 g/mol. The summed E-state index contributed by atoms with van der Waals surface area (Å²) in [4.78, 5) is 0. The zero-order valence-corrected chi connectivity index (χ0v) is 14.7. The molecule has 0 nitrogen and oxygen atoms in total. The number of benzene rings is 1. The molecule has 95 valence electrons. The quantitative estimate of drug-likeness (QED) is 0.560. The van der Waals surface area contributed by atoms with Crippen LogP contribution in [0.1, 0.15) is 58.2 Å². The van der Waals surface area contributed by atoms with Crippen molar-refractivity contribution in [2.75, 3.05) is 0 Å². The number of hydrogen-bond donors (Lipinski definition) is 0. The molecule has 0 aliphatic heterocycles. The molecule has 0 amide bonds. The first-order chi connectivity index (χ1) is 7.59. The van der Waals surface area contributed by atoms with Crippen molar-refractivity contribution in [3.63, 3.8) is 0 Å². The highest BCUT2D eigenvalue weighted by atomic mass is 79.9. The molecule has 1 radical (unpaired) electrons. The summed E-state index contributed by atoms with van der Waals surface area (Å²) in [6, 6.07) is 5.47. The van der Waals surface area contributed by atoms with Crippen molar-refractivity contribution in [1.29, 1.82) is 0 Å². The van der Waals surface area contributed by atoms with Crippen molar-refractivity contribution in [1.82, 2.24) is 0 Å². The Kier molecular flexibility index (Phi) is 4.52. The predicted octanol–water partition coefficient (Wildman–Crippen LogP) is 5.74. The molecule has 0 saturated carbocycles. The van der Waals surface area contributed by atoms with E-state index < -0.39 is 0 Å². The molecule has 0 spiro atoms. The molecule has 0 aromatic heterocycles. The normalized spacial score (nSPS) is 12.9. The van der Waals surface area contributed by atoms with Gasteiger partial charge in [-0.25, -0.2) is 0 Å². The number of hydrogen-bond acceptors (Lipinski definition) is 0. The number of rotatable bonds is 1. The summed E-state index contributed by atoms with van der Waals surface area (Å²) in [6.45, 7) is 13.5. The Bertz CT molecular complexity index is 406. The maximum atomic E-state index is 3.65. The zero-order valence-electron chi connectivity index (χ0n) is 11.5. The predicted molar refractivity (Wildman–Crippen MR) is 83.0 cm³/mol. The van der Waals surface area contributed by atoms with Gasteiger partial charge in [0.15, 0.2) is 0 Å². The summed E-state index contributed by atoms with van der Waals surface area (Å²) in [7, 11) is 0. The lowest BCUT2D eigenvalue weighted by Gasteiger charge is -2.30. The smallest absolute Gasteiger partial charge is 0.0294 e. The Morgan fingerprint density at radius 1 is 1.06 bits per heavy atom. The van der Waals surface area contributed by atoms with Crippen LogP contribution < -0.4 is 0 Å². The molecule has 0 atom stereocenters. The lowest BCUT2D eigenvalue weighted by atomic mass is 9.77. The number of alkyl halides is 1. The van der Waals surface area contributed by atoms with E-state index >= 15 is 0 Å². The zero-order chi connectivity index (χ0) is 13.4. The molecular formula is C15H21Br2. The molecule has 2 heteroatoms. The van der Waals surface area contributed by atoms with Crippen molar-refractivity contribution >= 4 is 31.9 Å². The largest absolute Gasteiger partial charge is 0.0876 e. The molecule has 0 unspecified atom stereocenters. The van der Waals surface area contributed by atoms with Gasteiger partial charge in [-0.15, -0.1) is 0 Å². The van der Waals surface area contributed by atoms with E-state index in [1.165, 1.54) is 16.7 Å². The van der Waals surface area contributed by atoms with E-state index in [0.717, 1.165) is 9.80 Å². The first-order valence-corrected chi connectivity index (χ1v) is 7.80. The van der Waals surface area contributed by atoms with Crippen molar-refractivity contribution in [2.24, 2.45) is 0 Å². The third-order valence-corrected chi connectivity index (χ3v) is 4.07. The van der Waals surface area contributed by atoms with Gasteiger partial charge in [-0.1, -0.05) is 57.5 Å². The highest BCUT2D eigenvalue weighted by Crippen LogP contribution is 2.39. The minimum atomic E-state index is 0.125. The first kappa shape index (κ1) is 15.2. The fourth-order valence-electron chi connectivity index (χ4n) is 2.15. The average Bonchev–Trinajstić information content (AvgIpc) is 2.12. The molecule has 0 bridgehead atoms. The summed E-state index contributed by atoms with van der Waals surface area (Å²) in [5, 5.41) is 0.888. The molecule has 0 N–H and O–H groups in total. The van der Waals surface area contributed by atoms with E-state index in [9.17, 15) is 0 Å². The molecule has 17 heavy (non-hydrogen) atoms. The van der Waals surface area contributed by atoms with Gasteiger partial charge >= 0.3 is 0 Å². The highest BCUT2D eigenvalue weighted by Gasteiger charge is 2.26. The Morgan fingerprint density at radius 3 is 1.94 bits per heavy atom. The fourth-order valence-corrected chi connectivity index (χ4v) is 3.68. The standard InChI is InChI=1S/C15H21Br2/c1-14(2,3)11-7-8-12(17)13(10(11)9-16)15(4,5)6/h7H,9H2,1-6H3.